The molecule has 0 bridgehead atoms. The molecule has 0 unspecified atom stereocenters. The summed E-state index contributed by atoms with van der Waals surface area (Å²) >= 11 is 6.17. The van der Waals surface area contributed by atoms with Gasteiger partial charge in [0.1, 0.15) is 17.1 Å². The predicted octanol–water partition coefficient (Wildman–Crippen LogP) is 3.69. The van der Waals surface area contributed by atoms with Crippen LogP contribution >= 0.6 is 11.6 Å². The summed E-state index contributed by atoms with van der Waals surface area (Å²) in [5.74, 6) is -0.509. The molecular weight excluding hydrogens is 416 g/mol. The number of nitrogens with one attached hydrogen (secondary N) is 1. The van der Waals surface area contributed by atoms with Crippen LogP contribution in [0, 0.1) is 5.92 Å². The summed E-state index contributed by atoms with van der Waals surface area (Å²) in [5, 5.41) is 0.498. The highest BCUT2D eigenvalue weighted by atomic mass is 35.5. The van der Waals surface area contributed by atoms with Gasteiger partial charge in [0.05, 0.1) is 5.69 Å². The van der Waals surface area contributed by atoms with E-state index in [0.717, 1.165) is 12.8 Å². The van der Waals surface area contributed by atoms with Crippen LogP contribution in [0.2, 0.25) is 5.02 Å². The first-order chi connectivity index (χ1) is 14.8. The summed E-state index contributed by atoms with van der Waals surface area (Å²) in [6.45, 7) is 1.38. The molecular formula is C23H21ClN4O3. The fourth-order valence-corrected chi connectivity index (χ4v) is 3.63. The second-order valence-electron chi connectivity index (χ2n) is 7.67. The van der Waals surface area contributed by atoms with Gasteiger partial charge in [-0.2, -0.15) is 0 Å². The lowest BCUT2D eigenvalue weighted by molar-refractivity contribution is 0.0993. The van der Waals surface area contributed by atoms with Crippen LogP contribution < -0.4 is 16.7 Å². The second-order valence-corrected chi connectivity index (χ2v) is 8.10. The summed E-state index contributed by atoms with van der Waals surface area (Å²) in [7, 11) is 0. The van der Waals surface area contributed by atoms with Gasteiger partial charge in [0.15, 0.2) is 5.78 Å². The molecule has 0 aliphatic heterocycles. The maximum absolute atomic E-state index is 13.3. The molecule has 1 heterocycles. The van der Waals surface area contributed by atoms with Gasteiger partial charge >= 0.3 is 0 Å². The summed E-state index contributed by atoms with van der Waals surface area (Å²) in [6.07, 6.45) is 2.64. The Kier molecular flexibility index (Phi) is 5.61. The van der Waals surface area contributed by atoms with Gasteiger partial charge in [-0.15, -0.1) is 0 Å². The van der Waals surface area contributed by atoms with Gasteiger partial charge in [0.25, 0.3) is 5.56 Å². The van der Waals surface area contributed by atoms with Crippen LogP contribution in [0.3, 0.4) is 0 Å². The number of carbonyl (C=O) groups is 2. The Balaban J connectivity index is 1.92. The SMILES string of the molecule is CC(=O)c1c(-c2cccc(Cl)c2)nc(CC2CC2)c(=O)n1Nc1cccc(C(N)=O)c1. The Hall–Kier alpha value is -3.45. The van der Waals surface area contributed by atoms with E-state index in [4.69, 9.17) is 17.3 Å². The minimum absolute atomic E-state index is 0.108. The zero-order valence-electron chi connectivity index (χ0n) is 16.9. The molecule has 1 aromatic heterocycles. The third kappa shape index (κ3) is 4.51. The normalized spacial score (nSPS) is 13.1. The molecule has 7 nitrogen and oxygen atoms in total. The van der Waals surface area contributed by atoms with E-state index in [1.54, 1.807) is 42.5 Å². The lowest BCUT2D eigenvalue weighted by Crippen LogP contribution is -2.35. The van der Waals surface area contributed by atoms with E-state index >= 15 is 0 Å². The molecule has 158 valence electrons. The number of hydrogen-bond donors (Lipinski definition) is 2. The number of carbonyl (C=O) groups excluding carboxylic acids is 2. The molecule has 31 heavy (non-hydrogen) atoms. The molecule has 0 saturated heterocycles. The molecule has 2 aromatic carbocycles. The Morgan fingerprint density at radius 1 is 1.19 bits per heavy atom. The third-order valence-corrected chi connectivity index (χ3v) is 5.38. The largest absolute Gasteiger partial charge is 0.366 e. The summed E-state index contributed by atoms with van der Waals surface area (Å²) in [5.41, 5.74) is 10.2. The highest BCUT2D eigenvalue weighted by Crippen LogP contribution is 2.32. The van der Waals surface area contributed by atoms with Crippen molar-refractivity contribution < 1.29 is 9.59 Å². The average Bonchev–Trinajstić information content (AvgIpc) is 3.54. The molecule has 4 rings (SSSR count). The fourth-order valence-electron chi connectivity index (χ4n) is 3.44. The number of rotatable bonds is 7. The summed E-state index contributed by atoms with van der Waals surface area (Å²) < 4.78 is 1.21. The van der Waals surface area contributed by atoms with Gasteiger partial charge in [0.2, 0.25) is 5.91 Å². The molecule has 0 atom stereocenters. The number of hydrogen-bond acceptors (Lipinski definition) is 5. The van der Waals surface area contributed by atoms with Crippen molar-refractivity contribution in [3.63, 3.8) is 0 Å². The minimum atomic E-state index is -0.591. The Morgan fingerprint density at radius 2 is 1.94 bits per heavy atom. The maximum Gasteiger partial charge on any atom is 0.291 e. The van der Waals surface area contributed by atoms with Crippen LogP contribution in [0.15, 0.2) is 53.3 Å². The third-order valence-electron chi connectivity index (χ3n) is 5.14. The quantitative estimate of drug-likeness (QED) is 0.549. The second kappa shape index (κ2) is 8.35. The number of anilines is 1. The van der Waals surface area contributed by atoms with Crippen molar-refractivity contribution in [1.82, 2.24) is 9.66 Å². The van der Waals surface area contributed by atoms with Crippen molar-refractivity contribution in [3.05, 3.63) is 80.9 Å². The molecule has 8 heteroatoms. The number of amides is 1. The first-order valence-electron chi connectivity index (χ1n) is 9.93. The molecule has 1 aliphatic rings. The number of nitrogens with zero attached hydrogens (tertiary/aromatic N) is 2. The predicted molar refractivity (Wildman–Crippen MR) is 119 cm³/mol. The molecule has 3 N–H and O–H groups in total. The number of primary amides is 1. The Morgan fingerprint density at radius 3 is 2.58 bits per heavy atom. The van der Waals surface area contributed by atoms with E-state index in [9.17, 15) is 14.4 Å². The molecule has 3 aromatic rings. The van der Waals surface area contributed by atoms with E-state index < -0.39 is 11.5 Å². The number of aromatic nitrogens is 2. The number of Topliss-reactive ketones (excluding diaryl/α,β-unsaturated/α-hetero) is 1. The Labute approximate surface area is 183 Å². The van der Waals surface area contributed by atoms with Crippen molar-refractivity contribution >= 4 is 29.0 Å². The summed E-state index contributed by atoms with van der Waals surface area (Å²) in [4.78, 5) is 42.1. The van der Waals surface area contributed by atoms with Crippen LogP contribution in [0.4, 0.5) is 5.69 Å². The van der Waals surface area contributed by atoms with Crippen LogP contribution in [-0.4, -0.2) is 21.4 Å². The smallest absolute Gasteiger partial charge is 0.291 e. The van der Waals surface area contributed by atoms with E-state index in [1.165, 1.54) is 17.7 Å². The van der Waals surface area contributed by atoms with Crippen molar-refractivity contribution in [2.24, 2.45) is 11.7 Å². The highest BCUT2D eigenvalue weighted by Gasteiger charge is 2.27. The molecule has 0 spiro atoms. The maximum atomic E-state index is 13.3. The topological polar surface area (TPSA) is 107 Å². The van der Waals surface area contributed by atoms with Crippen molar-refractivity contribution in [3.8, 4) is 11.3 Å². The highest BCUT2D eigenvalue weighted by molar-refractivity contribution is 6.30. The number of ketones is 1. The molecule has 1 saturated carbocycles. The van der Waals surface area contributed by atoms with E-state index in [-0.39, 0.29) is 17.0 Å². The van der Waals surface area contributed by atoms with E-state index in [2.05, 4.69) is 10.4 Å². The van der Waals surface area contributed by atoms with Crippen LogP contribution in [0.5, 0.6) is 0 Å². The van der Waals surface area contributed by atoms with Gasteiger partial charge in [-0.1, -0.05) is 29.8 Å². The summed E-state index contributed by atoms with van der Waals surface area (Å²) in [6, 6.07) is 13.4. The minimum Gasteiger partial charge on any atom is -0.366 e. The standard InChI is InChI=1S/C23H21ClN4O3/c1-13(29)21-20(15-4-2-6-17(24)11-15)26-19(10-14-8-9-14)23(31)28(21)27-18-7-3-5-16(12-18)22(25)30/h2-7,11-12,14,27H,8-10H2,1H3,(H2,25,30). The lowest BCUT2D eigenvalue weighted by atomic mass is 10.1. The van der Waals surface area contributed by atoms with Crippen LogP contribution in [0.1, 0.15) is 46.3 Å². The molecule has 0 radical (unpaired) electrons. The van der Waals surface area contributed by atoms with Crippen LogP contribution in [-0.2, 0) is 6.42 Å². The average molecular weight is 437 g/mol. The number of nitrogens with two attached hydrogens (primary N) is 1. The molecule has 1 fully saturated rings. The van der Waals surface area contributed by atoms with E-state index in [1.807, 2.05) is 0 Å². The zero-order chi connectivity index (χ0) is 22.1. The van der Waals surface area contributed by atoms with Crippen molar-refractivity contribution in [2.75, 3.05) is 5.43 Å². The van der Waals surface area contributed by atoms with Gasteiger partial charge in [-0.05, 0) is 55.5 Å². The number of halogens is 1. The van der Waals surface area contributed by atoms with Crippen molar-refractivity contribution in [1.29, 1.82) is 0 Å². The van der Waals surface area contributed by atoms with Crippen LogP contribution in [0.25, 0.3) is 11.3 Å². The lowest BCUT2D eigenvalue weighted by Gasteiger charge is -2.18. The van der Waals surface area contributed by atoms with Gasteiger partial charge in [0, 0.05) is 23.1 Å². The monoisotopic (exact) mass is 436 g/mol. The number of benzene rings is 2. The Bertz CT molecular complexity index is 1250. The van der Waals surface area contributed by atoms with Gasteiger partial charge < -0.3 is 5.73 Å². The van der Waals surface area contributed by atoms with Gasteiger partial charge in [-0.3, -0.25) is 19.8 Å². The first-order valence-corrected chi connectivity index (χ1v) is 10.3. The van der Waals surface area contributed by atoms with Gasteiger partial charge in [-0.25, -0.2) is 9.66 Å². The molecule has 1 aliphatic carbocycles. The fraction of sp³-hybridized carbons (Fsp3) is 0.217. The van der Waals surface area contributed by atoms with E-state index in [0.29, 0.717) is 40.0 Å². The molecule has 1 amide bonds. The first kappa shape index (κ1) is 20.8. The zero-order valence-corrected chi connectivity index (χ0v) is 17.6. The van der Waals surface area contributed by atoms with Crippen molar-refractivity contribution in [2.45, 2.75) is 26.2 Å².